The Bertz CT molecular complexity index is 1190. The number of nitrogens with zero attached hydrogens (tertiary/aromatic N) is 2. The normalized spacial score (nSPS) is 14.3. The summed E-state index contributed by atoms with van der Waals surface area (Å²) in [5.41, 5.74) is 7.35. The van der Waals surface area contributed by atoms with Crippen LogP contribution in [0.3, 0.4) is 0 Å². The van der Waals surface area contributed by atoms with Gasteiger partial charge in [-0.25, -0.2) is 4.98 Å². The highest BCUT2D eigenvalue weighted by Gasteiger charge is 2.18. The van der Waals surface area contributed by atoms with Crippen LogP contribution < -0.4 is 5.32 Å². The van der Waals surface area contributed by atoms with E-state index < -0.39 is 0 Å². The Labute approximate surface area is 181 Å². The fourth-order valence-corrected chi connectivity index (χ4v) is 4.03. The van der Waals surface area contributed by atoms with E-state index in [9.17, 15) is 4.79 Å². The largest absolute Gasteiger partial charge is 0.375 e. The Morgan fingerprint density at radius 1 is 1.19 bits per heavy atom. The monoisotopic (exact) mass is 414 g/mol. The second-order valence-corrected chi connectivity index (χ2v) is 7.68. The Morgan fingerprint density at radius 3 is 2.77 bits per heavy atom. The zero-order valence-electron chi connectivity index (χ0n) is 17.8. The van der Waals surface area contributed by atoms with Crippen LogP contribution in [0.4, 0.5) is 0 Å². The molecule has 0 fully saturated rings. The molecule has 1 amide bonds. The van der Waals surface area contributed by atoms with Gasteiger partial charge in [0.2, 0.25) is 0 Å². The number of fused-ring (bicyclic) bond motifs is 1. The van der Waals surface area contributed by atoms with Crippen molar-refractivity contribution in [3.63, 3.8) is 0 Å². The Hall–Kier alpha value is -3.51. The first-order valence-electron chi connectivity index (χ1n) is 10.4. The van der Waals surface area contributed by atoms with Crippen molar-refractivity contribution < 1.29 is 9.53 Å². The van der Waals surface area contributed by atoms with Gasteiger partial charge in [0.05, 0.1) is 6.20 Å². The number of ether oxygens (including phenoxy) is 1. The molecule has 1 aliphatic rings. The van der Waals surface area contributed by atoms with Gasteiger partial charge in [0.1, 0.15) is 17.9 Å². The number of carbonyl (C=O) groups is 1. The molecular formula is C25H26N4O2. The summed E-state index contributed by atoms with van der Waals surface area (Å²) in [6, 6.07) is 14.5. The standard InChI is InChI=1S/C25H26N4O2/c1-17-8-6-7-11-20(24(17)18-9-4-3-5-10-18)19-12-13-22-27-14-21(29(22)15-19)25(26)28-23(30)16-31-2/h3-5,9-15H,6-8,16H2,1-2H3,(H2,26,28,30). The molecule has 0 saturated heterocycles. The molecule has 0 spiro atoms. The van der Waals surface area contributed by atoms with Gasteiger partial charge in [-0.2, -0.15) is 0 Å². The van der Waals surface area contributed by atoms with Crippen molar-refractivity contribution in [3.8, 4) is 0 Å². The molecule has 0 aliphatic heterocycles. The summed E-state index contributed by atoms with van der Waals surface area (Å²) in [7, 11) is 1.45. The maximum Gasteiger partial charge on any atom is 0.251 e. The lowest BCUT2D eigenvalue weighted by molar-refractivity contribution is -0.123. The van der Waals surface area contributed by atoms with Crippen LogP contribution in [0.1, 0.15) is 43.0 Å². The molecule has 158 valence electrons. The molecule has 4 rings (SSSR count). The van der Waals surface area contributed by atoms with Gasteiger partial charge in [0, 0.05) is 13.3 Å². The Balaban J connectivity index is 1.77. The quantitative estimate of drug-likeness (QED) is 0.478. The highest BCUT2D eigenvalue weighted by molar-refractivity contribution is 6.07. The number of nitrogens with one attached hydrogen (secondary N) is 2. The van der Waals surface area contributed by atoms with E-state index in [1.54, 1.807) is 6.20 Å². The number of hydrogen-bond donors (Lipinski definition) is 2. The topological polar surface area (TPSA) is 79.5 Å². The molecule has 0 unspecified atom stereocenters. The van der Waals surface area contributed by atoms with Crippen LogP contribution in [0.25, 0.3) is 16.8 Å². The molecule has 6 heteroatoms. The summed E-state index contributed by atoms with van der Waals surface area (Å²) in [5, 5.41) is 10.9. The minimum absolute atomic E-state index is 0.00319. The smallest absolute Gasteiger partial charge is 0.251 e. The number of aromatic nitrogens is 2. The molecule has 1 aliphatic carbocycles. The molecule has 2 N–H and O–H groups in total. The second-order valence-electron chi connectivity index (χ2n) is 7.68. The van der Waals surface area contributed by atoms with E-state index in [-0.39, 0.29) is 18.3 Å². The average molecular weight is 415 g/mol. The lowest BCUT2D eigenvalue weighted by Crippen LogP contribution is -2.33. The van der Waals surface area contributed by atoms with Gasteiger partial charge < -0.3 is 10.1 Å². The molecule has 0 atom stereocenters. The summed E-state index contributed by atoms with van der Waals surface area (Å²) in [6.45, 7) is 2.12. The third kappa shape index (κ3) is 4.34. The van der Waals surface area contributed by atoms with Gasteiger partial charge in [0.25, 0.3) is 5.91 Å². The lowest BCUT2D eigenvalue weighted by atomic mass is 9.89. The number of amidine groups is 1. The molecule has 2 aromatic heterocycles. The number of carbonyl (C=O) groups excluding carboxylic acids is 1. The molecule has 31 heavy (non-hydrogen) atoms. The maximum atomic E-state index is 11.9. The molecule has 1 aromatic carbocycles. The first-order chi connectivity index (χ1) is 15.1. The van der Waals surface area contributed by atoms with E-state index in [1.165, 1.54) is 29.4 Å². The van der Waals surface area contributed by atoms with Gasteiger partial charge in [-0.3, -0.25) is 14.6 Å². The van der Waals surface area contributed by atoms with E-state index in [2.05, 4.69) is 53.6 Å². The Kier molecular flexibility index (Phi) is 6.09. The Morgan fingerprint density at radius 2 is 2.00 bits per heavy atom. The number of rotatable bonds is 5. The van der Waals surface area contributed by atoms with Crippen molar-refractivity contribution in [2.75, 3.05) is 13.7 Å². The molecule has 6 nitrogen and oxygen atoms in total. The fourth-order valence-electron chi connectivity index (χ4n) is 4.03. The van der Waals surface area contributed by atoms with Gasteiger partial charge in [-0.15, -0.1) is 0 Å². The average Bonchev–Trinajstić information content (AvgIpc) is 3.10. The van der Waals surface area contributed by atoms with Crippen molar-refractivity contribution in [3.05, 3.63) is 83.3 Å². The fraction of sp³-hybridized carbons (Fsp3) is 0.240. The highest BCUT2D eigenvalue weighted by atomic mass is 16.5. The first-order valence-corrected chi connectivity index (χ1v) is 10.4. The number of imidazole rings is 1. The van der Waals surface area contributed by atoms with Crippen LogP contribution in [0, 0.1) is 5.41 Å². The summed E-state index contributed by atoms with van der Waals surface area (Å²) < 4.78 is 6.70. The highest BCUT2D eigenvalue weighted by Crippen LogP contribution is 2.38. The van der Waals surface area contributed by atoms with Crippen LogP contribution in [0.5, 0.6) is 0 Å². The number of amides is 1. The minimum atomic E-state index is -0.366. The number of benzene rings is 1. The molecule has 0 radical (unpaired) electrons. The van der Waals surface area contributed by atoms with Gasteiger partial charge in [0.15, 0.2) is 5.84 Å². The van der Waals surface area contributed by atoms with Gasteiger partial charge in [-0.1, -0.05) is 42.0 Å². The van der Waals surface area contributed by atoms with Crippen molar-refractivity contribution in [1.82, 2.24) is 14.7 Å². The SMILES string of the molecule is COCC(=O)NC(=N)c1cnc2ccc(C3=CCCCC(C)=C3c3ccccc3)cn12. The van der Waals surface area contributed by atoms with Crippen LogP contribution in [0.2, 0.25) is 0 Å². The third-order valence-corrected chi connectivity index (χ3v) is 5.48. The van der Waals surface area contributed by atoms with Crippen molar-refractivity contribution in [1.29, 1.82) is 5.41 Å². The third-order valence-electron chi connectivity index (χ3n) is 5.48. The van der Waals surface area contributed by atoms with Crippen molar-refractivity contribution in [2.45, 2.75) is 26.2 Å². The molecule has 3 aromatic rings. The predicted octanol–water partition coefficient (Wildman–Crippen LogP) is 4.46. The zero-order valence-corrected chi connectivity index (χ0v) is 17.8. The van der Waals surface area contributed by atoms with E-state index in [4.69, 9.17) is 10.1 Å². The maximum absolute atomic E-state index is 11.9. The summed E-state index contributed by atoms with van der Waals surface area (Å²) in [6.07, 6.45) is 9.12. The lowest BCUT2D eigenvalue weighted by Gasteiger charge is -2.16. The molecular weight excluding hydrogens is 388 g/mol. The number of hydrogen-bond acceptors (Lipinski definition) is 4. The van der Waals surface area contributed by atoms with Crippen molar-refractivity contribution in [2.24, 2.45) is 0 Å². The second kappa shape index (κ2) is 9.10. The van der Waals surface area contributed by atoms with E-state index >= 15 is 0 Å². The predicted molar refractivity (Wildman–Crippen MR) is 123 cm³/mol. The number of methoxy groups -OCH3 is 1. The summed E-state index contributed by atoms with van der Waals surface area (Å²) in [4.78, 5) is 16.2. The summed E-state index contributed by atoms with van der Waals surface area (Å²) >= 11 is 0. The van der Waals surface area contributed by atoms with Crippen LogP contribution in [-0.4, -0.2) is 34.8 Å². The van der Waals surface area contributed by atoms with Gasteiger partial charge in [-0.05, 0) is 60.6 Å². The van der Waals surface area contributed by atoms with Gasteiger partial charge >= 0.3 is 0 Å². The van der Waals surface area contributed by atoms with E-state index in [1.807, 2.05) is 22.7 Å². The zero-order chi connectivity index (χ0) is 21.8. The number of pyridine rings is 1. The van der Waals surface area contributed by atoms with Crippen LogP contribution >= 0.6 is 0 Å². The first kappa shape index (κ1) is 20.8. The summed E-state index contributed by atoms with van der Waals surface area (Å²) in [5.74, 6) is -0.369. The van der Waals surface area contributed by atoms with Crippen LogP contribution in [-0.2, 0) is 9.53 Å². The van der Waals surface area contributed by atoms with Crippen LogP contribution in [0.15, 0.2) is 66.5 Å². The molecule has 0 bridgehead atoms. The number of allylic oxidation sites excluding steroid dienone is 4. The van der Waals surface area contributed by atoms with E-state index in [0.717, 1.165) is 30.5 Å². The minimum Gasteiger partial charge on any atom is -0.375 e. The van der Waals surface area contributed by atoms with Crippen molar-refractivity contribution >= 4 is 28.5 Å². The molecule has 0 saturated carbocycles. The molecule has 2 heterocycles. The van der Waals surface area contributed by atoms with E-state index in [0.29, 0.717) is 5.69 Å².